The van der Waals surface area contributed by atoms with Gasteiger partial charge in [0, 0.05) is 18.5 Å². The van der Waals surface area contributed by atoms with Gasteiger partial charge in [-0.15, -0.1) is 0 Å². The number of likely N-dealkylation sites (tertiary alicyclic amines) is 1. The Morgan fingerprint density at radius 1 is 1.33 bits per heavy atom. The van der Waals surface area contributed by atoms with Gasteiger partial charge in [0.1, 0.15) is 0 Å². The molecule has 18 heavy (non-hydrogen) atoms. The second kappa shape index (κ2) is 4.97. The minimum atomic E-state index is 0.558. The van der Waals surface area contributed by atoms with Crippen LogP contribution in [-0.2, 0) is 6.54 Å². The Hall–Kier alpha value is -0.940. The normalized spacial score (nSPS) is 25.8. The third-order valence-corrected chi connectivity index (χ3v) is 3.99. The van der Waals surface area contributed by atoms with Crippen LogP contribution < -0.4 is 0 Å². The van der Waals surface area contributed by atoms with Gasteiger partial charge in [0.15, 0.2) is 5.82 Å². The lowest BCUT2D eigenvalue weighted by Gasteiger charge is -2.35. The summed E-state index contributed by atoms with van der Waals surface area (Å²) in [6.45, 7) is 3.10. The summed E-state index contributed by atoms with van der Waals surface area (Å²) < 4.78 is 5.31. The number of hydrogen-bond acceptors (Lipinski definition) is 5. The van der Waals surface area contributed by atoms with Crippen LogP contribution in [0.15, 0.2) is 4.52 Å². The number of likely N-dealkylation sites (N-methyl/N-ethyl adjacent to an activating group) is 1. The van der Waals surface area contributed by atoms with Gasteiger partial charge in [0.05, 0.1) is 6.54 Å². The van der Waals surface area contributed by atoms with E-state index in [0.29, 0.717) is 12.0 Å². The third kappa shape index (κ3) is 2.72. The molecule has 0 amide bonds. The minimum absolute atomic E-state index is 0.558. The monoisotopic (exact) mass is 250 g/mol. The molecule has 0 unspecified atom stereocenters. The molecule has 1 aliphatic carbocycles. The molecule has 1 aromatic rings. The fraction of sp³-hybridized carbons (Fsp3) is 0.846. The molecule has 3 rings (SSSR count). The van der Waals surface area contributed by atoms with Crippen LogP contribution in [-0.4, -0.2) is 53.2 Å². The van der Waals surface area contributed by atoms with Gasteiger partial charge in [-0.25, -0.2) is 0 Å². The summed E-state index contributed by atoms with van der Waals surface area (Å²) in [6.07, 6.45) is 4.99. The van der Waals surface area contributed by atoms with Crippen LogP contribution >= 0.6 is 0 Å². The Morgan fingerprint density at radius 3 is 2.89 bits per heavy atom. The van der Waals surface area contributed by atoms with Crippen molar-refractivity contribution in [3.8, 4) is 0 Å². The summed E-state index contributed by atoms with van der Waals surface area (Å²) in [5, 5.41) is 4.10. The van der Waals surface area contributed by atoms with Gasteiger partial charge in [-0.1, -0.05) is 5.16 Å². The highest BCUT2D eigenvalue weighted by Gasteiger charge is 2.30. The van der Waals surface area contributed by atoms with Crippen LogP contribution in [0.4, 0.5) is 0 Å². The molecular formula is C13H22N4O. The SMILES string of the molecule is CN(C)[C@@H]1CCCN(Cc2noc(C3CC3)n2)C1. The van der Waals surface area contributed by atoms with Gasteiger partial charge in [-0.2, -0.15) is 4.98 Å². The lowest BCUT2D eigenvalue weighted by atomic mass is 10.1. The Balaban J connectivity index is 1.57. The quantitative estimate of drug-likeness (QED) is 0.810. The largest absolute Gasteiger partial charge is 0.339 e. The number of nitrogens with zero attached hydrogens (tertiary/aromatic N) is 4. The van der Waals surface area contributed by atoms with Gasteiger partial charge in [-0.05, 0) is 46.3 Å². The van der Waals surface area contributed by atoms with Gasteiger partial charge in [0.2, 0.25) is 5.89 Å². The predicted octanol–water partition coefficient (Wildman–Crippen LogP) is 1.47. The van der Waals surface area contributed by atoms with Crippen molar-refractivity contribution in [2.45, 2.75) is 44.2 Å². The van der Waals surface area contributed by atoms with E-state index >= 15 is 0 Å². The molecule has 0 bridgehead atoms. The first kappa shape index (κ1) is 12.1. The maximum Gasteiger partial charge on any atom is 0.229 e. The molecule has 0 N–H and O–H groups in total. The fourth-order valence-corrected chi connectivity index (χ4v) is 2.62. The molecule has 0 aromatic carbocycles. The lowest BCUT2D eigenvalue weighted by Crippen LogP contribution is -2.44. The molecule has 1 saturated carbocycles. The van der Waals surface area contributed by atoms with Gasteiger partial charge < -0.3 is 9.42 Å². The van der Waals surface area contributed by atoms with E-state index in [1.807, 2.05) is 0 Å². The fourth-order valence-electron chi connectivity index (χ4n) is 2.62. The molecule has 2 aliphatic rings. The summed E-state index contributed by atoms with van der Waals surface area (Å²) in [7, 11) is 4.32. The van der Waals surface area contributed by atoms with Crippen molar-refractivity contribution in [2.24, 2.45) is 0 Å². The molecule has 1 aromatic heterocycles. The highest BCUT2D eigenvalue weighted by atomic mass is 16.5. The molecule has 5 heteroatoms. The zero-order valence-corrected chi connectivity index (χ0v) is 11.3. The molecule has 1 atom stereocenters. The highest BCUT2D eigenvalue weighted by molar-refractivity contribution is 5.01. The van der Waals surface area contributed by atoms with Crippen molar-refractivity contribution in [1.82, 2.24) is 19.9 Å². The number of rotatable bonds is 4. The highest BCUT2D eigenvalue weighted by Crippen LogP contribution is 2.38. The summed E-state index contributed by atoms with van der Waals surface area (Å²) >= 11 is 0. The van der Waals surface area contributed by atoms with E-state index < -0.39 is 0 Å². The number of hydrogen-bond donors (Lipinski definition) is 0. The van der Waals surface area contributed by atoms with Crippen molar-refractivity contribution < 1.29 is 4.52 Å². The van der Waals surface area contributed by atoms with Crippen LogP contribution in [0, 0.1) is 0 Å². The van der Waals surface area contributed by atoms with E-state index in [0.717, 1.165) is 31.3 Å². The number of piperidine rings is 1. The molecule has 2 fully saturated rings. The van der Waals surface area contributed by atoms with E-state index in [1.54, 1.807) is 0 Å². The van der Waals surface area contributed by atoms with E-state index in [1.165, 1.54) is 25.7 Å². The Morgan fingerprint density at radius 2 is 2.17 bits per heavy atom. The maximum atomic E-state index is 5.31. The average Bonchev–Trinajstić information content (AvgIpc) is 3.11. The van der Waals surface area contributed by atoms with E-state index in [2.05, 4.69) is 34.0 Å². The van der Waals surface area contributed by atoms with Crippen molar-refractivity contribution in [3.63, 3.8) is 0 Å². The maximum absolute atomic E-state index is 5.31. The molecule has 2 heterocycles. The summed E-state index contributed by atoms with van der Waals surface area (Å²) in [5.41, 5.74) is 0. The van der Waals surface area contributed by atoms with Crippen LogP contribution in [0.3, 0.4) is 0 Å². The van der Waals surface area contributed by atoms with E-state index in [9.17, 15) is 0 Å². The second-order valence-corrected chi connectivity index (χ2v) is 5.82. The standard InChI is InChI=1S/C13H22N4O/c1-16(2)11-4-3-7-17(8-11)9-12-14-13(18-15-12)10-5-6-10/h10-11H,3-9H2,1-2H3/t11-/m1/s1. The van der Waals surface area contributed by atoms with Crippen LogP contribution in [0.5, 0.6) is 0 Å². The molecule has 5 nitrogen and oxygen atoms in total. The van der Waals surface area contributed by atoms with Gasteiger partial charge in [0.25, 0.3) is 0 Å². The molecule has 0 radical (unpaired) electrons. The predicted molar refractivity (Wildman–Crippen MR) is 68.3 cm³/mol. The van der Waals surface area contributed by atoms with E-state index in [4.69, 9.17) is 4.52 Å². The summed E-state index contributed by atoms with van der Waals surface area (Å²) in [4.78, 5) is 9.26. The van der Waals surface area contributed by atoms with Crippen LogP contribution in [0.1, 0.15) is 43.3 Å². The Labute approximate surface area is 108 Å². The molecule has 0 spiro atoms. The summed E-state index contributed by atoms with van der Waals surface area (Å²) in [5.74, 6) is 2.27. The lowest BCUT2D eigenvalue weighted by molar-refractivity contribution is 0.125. The zero-order valence-electron chi connectivity index (χ0n) is 11.3. The van der Waals surface area contributed by atoms with Crippen LogP contribution in [0.25, 0.3) is 0 Å². The van der Waals surface area contributed by atoms with E-state index in [-0.39, 0.29) is 0 Å². The smallest absolute Gasteiger partial charge is 0.229 e. The first-order chi connectivity index (χ1) is 8.72. The van der Waals surface area contributed by atoms with Gasteiger partial charge >= 0.3 is 0 Å². The third-order valence-electron chi connectivity index (χ3n) is 3.99. The first-order valence-corrected chi connectivity index (χ1v) is 6.93. The molecule has 100 valence electrons. The average molecular weight is 250 g/mol. The van der Waals surface area contributed by atoms with Crippen molar-refractivity contribution in [1.29, 1.82) is 0 Å². The van der Waals surface area contributed by atoms with Crippen molar-refractivity contribution in [3.05, 3.63) is 11.7 Å². The second-order valence-electron chi connectivity index (χ2n) is 5.82. The Bertz CT molecular complexity index is 399. The minimum Gasteiger partial charge on any atom is -0.339 e. The van der Waals surface area contributed by atoms with Crippen LogP contribution in [0.2, 0.25) is 0 Å². The first-order valence-electron chi connectivity index (χ1n) is 6.93. The summed E-state index contributed by atoms with van der Waals surface area (Å²) in [6, 6.07) is 0.661. The topological polar surface area (TPSA) is 45.4 Å². The molecular weight excluding hydrogens is 228 g/mol. The molecule has 1 aliphatic heterocycles. The van der Waals surface area contributed by atoms with Crippen molar-refractivity contribution in [2.75, 3.05) is 27.2 Å². The van der Waals surface area contributed by atoms with Gasteiger partial charge in [-0.3, -0.25) is 4.90 Å². The Kier molecular flexibility index (Phi) is 3.35. The molecule has 1 saturated heterocycles. The number of aromatic nitrogens is 2. The zero-order chi connectivity index (χ0) is 12.5. The van der Waals surface area contributed by atoms with Crippen molar-refractivity contribution >= 4 is 0 Å².